The molecule has 2 aromatic carbocycles. The Morgan fingerprint density at radius 3 is 2.46 bits per heavy atom. The maximum absolute atomic E-state index is 14.7. The van der Waals surface area contributed by atoms with Gasteiger partial charge in [-0.05, 0) is 74.1 Å². The summed E-state index contributed by atoms with van der Waals surface area (Å²) in [4.78, 5) is 44.8. The quantitative estimate of drug-likeness (QED) is 0.496. The van der Waals surface area contributed by atoms with E-state index in [9.17, 15) is 18.8 Å². The van der Waals surface area contributed by atoms with Crippen molar-refractivity contribution >= 4 is 41.0 Å². The number of likely N-dealkylation sites (tertiary alicyclic amines) is 1. The molecule has 0 spiro atoms. The van der Waals surface area contributed by atoms with Gasteiger partial charge in [-0.3, -0.25) is 14.5 Å². The fraction of sp³-hybridized carbons (Fsp3) is 0.483. The highest BCUT2D eigenvalue weighted by Gasteiger charge is 2.59. The van der Waals surface area contributed by atoms with Crippen LogP contribution < -0.4 is 10.1 Å². The average Bonchev–Trinajstić information content (AvgIpc) is 3.53. The van der Waals surface area contributed by atoms with E-state index < -0.39 is 34.8 Å². The summed E-state index contributed by atoms with van der Waals surface area (Å²) in [5.74, 6) is -1.01. The van der Waals surface area contributed by atoms with Gasteiger partial charge in [0.25, 0.3) is 5.91 Å². The van der Waals surface area contributed by atoms with E-state index in [1.807, 2.05) is 6.92 Å². The second-order valence-corrected chi connectivity index (χ2v) is 11.9. The molecule has 5 rings (SSSR count). The number of ether oxygens (including phenoxy) is 1. The number of hydrogen-bond donors (Lipinski definition) is 1. The van der Waals surface area contributed by atoms with Gasteiger partial charge in [-0.2, -0.15) is 0 Å². The first kappa shape index (κ1) is 27.9. The third kappa shape index (κ3) is 5.14. The molecule has 0 bridgehead atoms. The zero-order valence-corrected chi connectivity index (χ0v) is 23.5. The summed E-state index contributed by atoms with van der Waals surface area (Å²) >= 11 is 12.6. The predicted octanol–water partition coefficient (Wildman–Crippen LogP) is 5.44. The Labute approximate surface area is 237 Å². The lowest BCUT2D eigenvalue weighted by Gasteiger charge is -2.46. The lowest BCUT2D eigenvalue weighted by Crippen LogP contribution is -2.67. The number of Topliss-reactive ketones (excluding diaryl/α,β-unsaturated/α-hetero) is 1. The first-order valence-electron chi connectivity index (χ1n) is 13.3. The van der Waals surface area contributed by atoms with Crippen molar-refractivity contribution in [3.8, 4) is 5.75 Å². The zero-order chi connectivity index (χ0) is 27.9. The molecule has 0 radical (unpaired) electrons. The van der Waals surface area contributed by atoms with Gasteiger partial charge in [-0.1, -0.05) is 36.2 Å². The lowest BCUT2D eigenvalue weighted by molar-refractivity contribution is -0.151. The van der Waals surface area contributed by atoms with Crippen LogP contribution in [0.1, 0.15) is 50.5 Å². The molecule has 3 fully saturated rings. The number of carbonyl (C=O) groups excluding carboxylic acids is 3. The number of likely N-dealkylation sites (N-methyl/N-ethyl adjacent to an activating group) is 1. The molecule has 1 aliphatic carbocycles. The highest BCUT2D eigenvalue weighted by molar-refractivity contribution is 6.42. The molecule has 7 nitrogen and oxygen atoms in total. The van der Waals surface area contributed by atoms with Crippen LogP contribution in [0.15, 0.2) is 42.5 Å². The number of nitrogens with zero attached hydrogens (tertiary/aromatic N) is 2. The molecule has 39 heavy (non-hydrogen) atoms. The number of rotatable bonds is 6. The molecule has 2 heterocycles. The standard InChI is InChI=1S/C29H32Cl2FN3O4/c1-28(12-13-28)25(36)24-5-3-4-14-35(24)26(37)29(34(2)27(38)39-20-9-7-19(32)8-10-20)17-33-16-21(29)18-6-11-22(30)23(31)15-18/h6-11,15,21,24,33H,3-5,12-14,16-17H2,1-2H3/t21-,24?,29-/m1/s1. The van der Waals surface area contributed by atoms with Crippen LogP contribution in [-0.2, 0) is 9.59 Å². The van der Waals surface area contributed by atoms with Gasteiger partial charge in [0.1, 0.15) is 17.1 Å². The van der Waals surface area contributed by atoms with Crippen LogP contribution in [0.25, 0.3) is 0 Å². The molecule has 2 saturated heterocycles. The van der Waals surface area contributed by atoms with E-state index in [1.54, 1.807) is 23.1 Å². The molecular weight excluding hydrogens is 544 g/mol. The number of halogens is 3. The molecule has 1 saturated carbocycles. The van der Waals surface area contributed by atoms with Crippen LogP contribution >= 0.6 is 23.2 Å². The topological polar surface area (TPSA) is 79.0 Å². The van der Waals surface area contributed by atoms with Crippen LogP contribution in [0.5, 0.6) is 5.75 Å². The fourth-order valence-corrected chi connectivity index (χ4v) is 6.22. The number of carbonyl (C=O) groups is 3. The summed E-state index contributed by atoms with van der Waals surface area (Å²) in [7, 11) is 1.53. The van der Waals surface area contributed by atoms with Gasteiger partial charge in [0.15, 0.2) is 5.78 Å². The number of benzene rings is 2. The Morgan fingerprint density at radius 1 is 1.08 bits per heavy atom. The van der Waals surface area contributed by atoms with Crippen molar-refractivity contribution in [2.24, 2.45) is 5.41 Å². The molecule has 0 aromatic heterocycles. The van der Waals surface area contributed by atoms with E-state index in [0.29, 0.717) is 29.6 Å². The minimum Gasteiger partial charge on any atom is -0.410 e. The number of amides is 2. The number of hydrogen-bond acceptors (Lipinski definition) is 5. The number of piperidine rings is 1. The highest BCUT2D eigenvalue weighted by atomic mass is 35.5. The van der Waals surface area contributed by atoms with E-state index >= 15 is 0 Å². The minimum atomic E-state index is -1.41. The van der Waals surface area contributed by atoms with Crippen molar-refractivity contribution in [3.63, 3.8) is 0 Å². The van der Waals surface area contributed by atoms with Crippen LogP contribution in [0.3, 0.4) is 0 Å². The van der Waals surface area contributed by atoms with Gasteiger partial charge in [0.2, 0.25) is 0 Å². The molecule has 1 N–H and O–H groups in total. The first-order chi connectivity index (χ1) is 18.6. The van der Waals surface area contributed by atoms with Crippen molar-refractivity contribution in [3.05, 3.63) is 63.9 Å². The summed E-state index contributed by atoms with van der Waals surface area (Å²) in [5, 5.41) is 4.02. The summed E-state index contributed by atoms with van der Waals surface area (Å²) in [6.45, 7) is 2.94. The maximum atomic E-state index is 14.7. The molecule has 10 heteroatoms. The average molecular weight is 576 g/mol. The monoisotopic (exact) mass is 575 g/mol. The molecule has 2 aliphatic heterocycles. The van der Waals surface area contributed by atoms with E-state index in [-0.39, 0.29) is 24.0 Å². The smallest absolute Gasteiger partial charge is 0.410 e. The van der Waals surface area contributed by atoms with Crippen LogP contribution in [-0.4, -0.2) is 65.8 Å². The van der Waals surface area contributed by atoms with Crippen molar-refractivity contribution in [2.75, 3.05) is 26.7 Å². The van der Waals surface area contributed by atoms with Crippen molar-refractivity contribution in [2.45, 2.75) is 56.5 Å². The van der Waals surface area contributed by atoms with Crippen LogP contribution in [0.4, 0.5) is 9.18 Å². The zero-order valence-electron chi connectivity index (χ0n) is 22.0. The van der Waals surface area contributed by atoms with Crippen molar-refractivity contribution in [1.82, 2.24) is 15.1 Å². The second kappa shape index (κ2) is 10.7. The van der Waals surface area contributed by atoms with Crippen molar-refractivity contribution < 1.29 is 23.5 Å². The summed E-state index contributed by atoms with van der Waals surface area (Å²) in [5.41, 5.74) is -1.06. The Kier molecular flexibility index (Phi) is 7.65. The van der Waals surface area contributed by atoms with E-state index in [4.69, 9.17) is 27.9 Å². The summed E-state index contributed by atoms with van der Waals surface area (Å²) in [6, 6.07) is 9.76. The molecule has 3 atom stereocenters. The maximum Gasteiger partial charge on any atom is 0.415 e. The van der Waals surface area contributed by atoms with Gasteiger partial charge in [-0.25, -0.2) is 9.18 Å². The molecular formula is C29H32Cl2FN3O4. The van der Waals surface area contributed by atoms with Crippen LogP contribution in [0.2, 0.25) is 10.0 Å². The predicted molar refractivity (Wildman–Crippen MR) is 147 cm³/mol. The van der Waals surface area contributed by atoms with Gasteiger partial charge in [0, 0.05) is 38.0 Å². The Hall–Kier alpha value is -2.68. The Morgan fingerprint density at radius 2 is 1.79 bits per heavy atom. The van der Waals surface area contributed by atoms with E-state index in [1.165, 1.54) is 36.2 Å². The number of nitrogens with one attached hydrogen (secondary N) is 1. The van der Waals surface area contributed by atoms with Crippen molar-refractivity contribution in [1.29, 1.82) is 0 Å². The molecule has 2 amide bonds. The summed E-state index contributed by atoms with van der Waals surface area (Å²) < 4.78 is 19.0. The normalized spacial score (nSPS) is 25.7. The van der Waals surface area contributed by atoms with Gasteiger partial charge < -0.3 is 15.0 Å². The first-order valence-corrected chi connectivity index (χ1v) is 14.0. The SMILES string of the molecule is CN(C(=O)Oc1ccc(F)cc1)[C@]1(C(=O)N2CCCCC2C(=O)C2(C)CC2)CNC[C@@H]1c1ccc(Cl)c(Cl)c1. The third-order valence-corrected chi connectivity index (χ3v) is 9.33. The highest BCUT2D eigenvalue weighted by Crippen LogP contribution is 2.49. The fourth-order valence-electron chi connectivity index (χ4n) is 5.91. The van der Waals surface area contributed by atoms with Crippen LogP contribution in [0, 0.1) is 11.2 Å². The van der Waals surface area contributed by atoms with E-state index in [2.05, 4.69) is 5.32 Å². The largest absolute Gasteiger partial charge is 0.415 e. The number of ketones is 1. The molecule has 3 aliphatic rings. The van der Waals surface area contributed by atoms with Gasteiger partial charge in [-0.15, -0.1) is 0 Å². The lowest BCUT2D eigenvalue weighted by atomic mass is 9.78. The minimum absolute atomic E-state index is 0.0966. The molecule has 2 aromatic rings. The van der Waals surface area contributed by atoms with Gasteiger partial charge >= 0.3 is 6.09 Å². The molecule has 1 unspecified atom stereocenters. The molecule has 208 valence electrons. The Bertz CT molecular complexity index is 1290. The third-order valence-electron chi connectivity index (χ3n) is 8.59. The summed E-state index contributed by atoms with van der Waals surface area (Å²) in [6.07, 6.45) is 3.12. The second-order valence-electron chi connectivity index (χ2n) is 11.1. The Balaban J connectivity index is 1.54. The van der Waals surface area contributed by atoms with Gasteiger partial charge in [0.05, 0.1) is 16.1 Å². The van der Waals surface area contributed by atoms with E-state index in [0.717, 1.165) is 31.2 Å².